The van der Waals surface area contributed by atoms with Crippen molar-refractivity contribution in [2.45, 2.75) is 30.4 Å². The van der Waals surface area contributed by atoms with E-state index in [1.807, 2.05) is 30.3 Å². The molecule has 3 aromatic rings. The number of nitrogen functional groups attached to an aromatic ring is 1. The van der Waals surface area contributed by atoms with E-state index in [1.54, 1.807) is 44.3 Å². The van der Waals surface area contributed by atoms with E-state index in [0.717, 1.165) is 17.5 Å². The molecule has 0 bridgehead atoms. The number of aromatic nitrogens is 2. The number of nitrogens with zero attached hydrogens (tertiary/aromatic N) is 2. The highest BCUT2D eigenvalue weighted by Gasteiger charge is 2.19. The first-order valence-corrected chi connectivity index (χ1v) is 10.6. The van der Waals surface area contributed by atoms with Crippen LogP contribution in [0.4, 0.5) is 5.82 Å². The highest BCUT2D eigenvalue weighted by Crippen LogP contribution is 2.25. The maximum Gasteiger partial charge on any atom is 0.257 e. The lowest BCUT2D eigenvalue weighted by Crippen LogP contribution is -2.13. The number of anilines is 1. The highest BCUT2D eigenvalue weighted by atomic mass is 32.2. The Kier molecular flexibility index (Phi) is 5.94. The van der Waals surface area contributed by atoms with Gasteiger partial charge in [-0.1, -0.05) is 42.5 Å². The Morgan fingerprint density at radius 3 is 2.39 bits per heavy atom. The summed E-state index contributed by atoms with van der Waals surface area (Å²) in [5.41, 5.74) is 8.35. The molecule has 3 rings (SSSR count). The number of ether oxygens (including phenoxy) is 1. The van der Waals surface area contributed by atoms with Crippen LogP contribution in [-0.4, -0.2) is 30.2 Å². The van der Waals surface area contributed by atoms with Crippen LogP contribution in [0.3, 0.4) is 0 Å². The lowest BCUT2D eigenvalue weighted by Gasteiger charge is -2.10. The highest BCUT2D eigenvalue weighted by molar-refractivity contribution is 7.92. The molecule has 0 aliphatic rings. The van der Waals surface area contributed by atoms with E-state index in [-0.39, 0.29) is 19.4 Å². The van der Waals surface area contributed by atoms with Crippen molar-refractivity contribution in [1.82, 2.24) is 9.97 Å². The van der Waals surface area contributed by atoms with Crippen LogP contribution in [0, 0.1) is 0 Å². The third-order valence-electron chi connectivity index (χ3n) is 4.34. The Hall–Kier alpha value is -2.93. The molecule has 0 aliphatic carbocycles. The molecule has 150 valence electrons. The molecule has 2 aromatic carbocycles. The Bertz CT molecular complexity index is 1040. The van der Waals surface area contributed by atoms with E-state index in [1.165, 1.54) is 0 Å². The molecule has 1 aromatic heterocycles. The summed E-state index contributed by atoms with van der Waals surface area (Å²) in [6.07, 6.45) is 2.28. The van der Waals surface area contributed by atoms with E-state index in [4.69, 9.17) is 10.5 Å². The second kappa shape index (κ2) is 8.39. The SMILES string of the molecule is CC(C)S(=O)(=O)c1ccc(-c2cnc(N)c(OCCc3ccccc3)n2)cc1.[HH].[HH]. The summed E-state index contributed by atoms with van der Waals surface area (Å²) in [6, 6.07) is 16.6. The Morgan fingerprint density at radius 1 is 1.07 bits per heavy atom. The predicted octanol–water partition coefficient (Wildman–Crippen LogP) is 4.02. The molecule has 0 radical (unpaired) electrons. The molecule has 0 fully saturated rings. The fourth-order valence-electron chi connectivity index (χ4n) is 2.62. The van der Waals surface area contributed by atoms with E-state index >= 15 is 0 Å². The number of hydrogen-bond acceptors (Lipinski definition) is 6. The topological polar surface area (TPSA) is 95.2 Å². The summed E-state index contributed by atoms with van der Waals surface area (Å²) >= 11 is 0. The van der Waals surface area contributed by atoms with Crippen LogP contribution >= 0.6 is 0 Å². The van der Waals surface area contributed by atoms with Gasteiger partial charge >= 0.3 is 0 Å². The van der Waals surface area contributed by atoms with Gasteiger partial charge in [0.2, 0.25) is 0 Å². The molecule has 0 spiro atoms. The monoisotopic (exact) mass is 401 g/mol. The van der Waals surface area contributed by atoms with Gasteiger partial charge in [-0.2, -0.15) is 0 Å². The molecule has 1 heterocycles. The zero-order chi connectivity index (χ0) is 20.1. The van der Waals surface area contributed by atoms with Crippen molar-refractivity contribution < 1.29 is 16.0 Å². The van der Waals surface area contributed by atoms with Gasteiger partial charge in [0.15, 0.2) is 15.7 Å². The molecule has 0 unspecified atom stereocenters. The normalized spacial score (nSPS) is 11.5. The van der Waals surface area contributed by atoms with E-state index in [9.17, 15) is 8.42 Å². The van der Waals surface area contributed by atoms with E-state index in [0.29, 0.717) is 12.3 Å². The largest absolute Gasteiger partial charge is 0.475 e. The first-order chi connectivity index (χ1) is 13.4. The van der Waals surface area contributed by atoms with Gasteiger partial charge in [-0.25, -0.2) is 18.4 Å². The van der Waals surface area contributed by atoms with Gasteiger partial charge in [-0.05, 0) is 31.5 Å². The third kappa shape index (κ3) is 4.48. The first kappa shape index (κ1) is 19.8. The molecule has 0 saturated heterocycles. The molecule has 6 nitrogen and oxygen atoms in total. The summed E-state index contributed by atoms with van der Waals surface area (Å²) in [7, 11) is -3.31. The van der Waals surface area contributed by atoms with Gasteiger partial charge in [0.1, 0.15) is 0 Å². The van der Waals surface area contributed by atoms with Crippen molar-refractivity contribution in [3.8, 4) is 17.1 Å². The van der Waals surface area contributed by atoms with Crippen LogP contribution in [0.1, 0.15) is 22.3 Å². The van der Waals surface area contributed by atoms with E-state index < -0.39 is 15.1 Å². The molecular formula is C21H27N3O3S. The van der Waals surface area contributed by atoms with Crippen LogP contribution < -0.4 is 10.5 Å². The predicted molar refractivity (Wildman–Crippen MR) is 114 cm³/mol. The summed E-state index contributed by atoms with van der Waals surface area (Å²) in [6.45, 7) is 3.75. The van der Waals surface area contributed by atoms with E-state index in [2.05, 4.69) is 9.97 Å². The standard InChI is InChI=1S/C21H23N3O3S.2H2/c1-15(2)28(25,26)18-10-8-17(9-11-18)19-14-23-20(22)21(24-19)27-13-12-16-6-4-3-5-7-16;;/h3-11,14-15H,12-13H2,1-2H3,(H2,22,23);2*1H. The molecule has 0 aliphatic heterocycles. The fraction of sp³-hybridized carbons (Fsp3) is 0.238. The van der Waals surface area contributed by atoms with Crippen molar-refractivity contribution in [1.29, 1.82) is 0 Å². The van der Waals surface area contributed by atoms with Crippen LogP contribution in [0.5, 0.6) is 5.88 Å². The maximum absolute atomic E-state index is 12.2. The Labute approximate surface area is 168 Å². The van der Waals surface area contributed by atoms with Gasteiger partial charge in [0.25, 0.3) is 5.88 Å². The smallest absolute Gasteiger partial charge is 0.257 e. The lowest BCUT2D eigenvalue weighted by atomic mass is 10.2. The average molecular weight is 402 g/mol. The van der Waals surface area contributed by atoms with Gasteiger partial charge < -0.3 is 10.5 Å². The zero-order valence-electron chi connectivity index (χ0n) is 15.9. The van der Waals surface area contributed by atoms with Gasteiger partial charge in [0.05, 0.1) is 28.6 Å². The molecule has 0 amide bonds. The molecule has 0 saturated carbocycles. The van der Waals surface area contributed by atoms with Crippen LogP contribution in [0.15, 0.2) is 65.7 Å². The Morgan fingerprint density at radius 2 is 1.75 bits per heavy atom. The maximum atomic E-state index is 12.2. The summed E-state index contributed by atoms with van der Waals surface area (Å²) in [4.78, 5) is 8.88. The van der Waals surface area contributed by atoms with Crippen molar-refractivity contribution in [3.05, 3.63) is 66.4 Å². The fourth-order valence-corrected chi connectivity index (χ4v) is 3.68. The van der Waals surface area contributed by atoms with Crippen molar-refractivity contribution in [2.75, 3.05) is 12.3 Å². The number of benzene rings is 2. The summed E-state index contributed by atoms with van der Waals surface area (Å²) in [5.74, 6) is 0.489. The van der Waals surface area contributed by atoms with Crippen LogP contribution in [0.25, 0.3) is 11.3 Å². The molecule has 2 N–H and O–H groups in total. The molecule has 28 heavy (non-hydrogen) atoms. The number of sulfone groups is 1. The van der Waals surface area contributed by atoms with Crippen LogP contribution in [-0.2, 0) is 16.3 Å². The van der Waals surface area contributed by atoms with Gasteiger partial charge in [-0.3, -0.25) is 0 Å². The minimum absolute atomic E-state index is 0. The second-order valence-corrected chi connectivity index (χ2v) is 9.15. The third-order valence-corrected chi connectivity index (χ3v) is 6.51. The minimum Gasteiger partial charge on any atom is -0.475 e. The second-order valence-electron chi connectivity index (χ2n) is 6.65. The number of hydrogen-bond donors (Lipinski definition) is 1. The van der Waals surface area contributed by atoms with Crippen LogP contribution in [0.2, 0.25) is 0 Å². The average Bonchev–Trinajstić information content (AvgIpc) is 2.70. The number of nitrogens with two attached hydrogens (primary N) is 1. The quantitative estimate of drug-likeness (QED) is 0.642. The minimum atomic E-state index is -3.31. The summed E-state index contributed by atoms with van der Waals surface area (Å²) < 4.78 is 30.2. The van der Waals surface area contributed by atoms with Gasteiger partial charge in [0, 0.05) is 14.8 Å². The Balaban J connectivity index is 0.00000225. The molecule has 0 atom stereocenters. The lowest BCUT2D eigenvalue weighted by molar-refractivity contribution is 0.310. The van der Waals surface area contributed by atoms with Crippen molar-refractivity contribution >= 4 is 15.7 Å². The van der Waals surface area contributed by atoms with Crippen molar-refractivity contribution in [3.63, 3.8) is 0 Å². The molecular weight excluding hydrogens is 374 g/mol. The van der Waals surface area contributed by atoms with Crippen molar-refractivity contribution in [2.24, 2.45) is 0 Å². The molecule has 7 heteroatoms. The zero-order valence-corrected chi connectivity index (χ0v) is 16.7. The number of rotatable bonds is 7. The summed E-state index contributed by atoms with van der Waals surface area (Å²) in [5, 5.41) is -0.473. The van der Waals surface area contributed by atoms with Gasteiger partial charge in [-0.15, -0.1) is 0 Å². The first-order valence-electron chi connectivity index (χ1n) is 9.01.